The van der Waals surface area contributed by atoms with E-state index in [1.807, 2.05) is 6.08 Å². The predicted molar refractivity (Wildman–Crippen MR) is 258 cm³/mol. The number of amides is 1. The highest BCUT2D eigenvalue weighted by Gasteiger charge is 2.18. The van der Waals surface area contributed by atoms with E-state index in [9.17, 15) is 15.0 Å². The number of carbonyl (C=O) groups is 1. The molecule has 1 amide bonds. The van der Waals surface area contributed by atoms with Gasteiger partial charge in [-0.2, -0.15) is 0 Å². The molecular weight excluding hydrogens is 711 g/mol. The minimum Gasteiger partial charge on any atom is -0.394 e. The molecule has 0 aliphatic heterocycles. The number of aliphatic hydroxyl groups excluding tert-OH is 2. The maximum atomic E-state index is 12.4. The summed E-state index contributed by atoms with van der Waals surface area (Å²) in [5.74, 6) is -0.0759. The van der Waals surface area contributed by atoms with E-state index in [4.69, 9.17) is 0 Å². The second-order valence-electron chi connectivity index (χ2n) is 17.9. The molecule has 0 radical (unpaired) electrons. The summed E-state index contributed by atoms with van der Waals surface area (Å²) in [4.78, 5) is 12.4. The second kappa shape index (κ2) is 50.0. The molecule has 342 valence electrons. The lowest BCUT2D eigenvalue weighted by atomic mass is 10.0. The van der Waals surface area contributed by atoms with Crippen LogP contribution in [-0.2, 0) is 4.79 Å². The Labute approximate surface area is 363 Å². The summed E-state index contributed by atoms with van der Waals surface area (Å²) >= 11 is 0. The fourth-order valence-corrected chi connectivity index (χ4v) is 8.09. The van der Waals surface area contributed by atoms with Crippen molar-refractivity contribution in [2.75, 3.05) is 6.61 Å². The molecule has 0 aromatic carbocycles. The third kappa shape index (κ3) is 45.7. The van der Waals surface area contributed by atoms with Crippen LogP contribution in [0.2, 0.25) is 0 Å². The highest BCUT2D eigenvalue weighted by molar-refractivity contribution is 5.76. The molecule has 2 unspecified atom stereocenters. The molecule has 0 rings (SSSR count). The van der Waals surface area contributed by atoms with Crippen molar-refractivity contribution in [1.82, 2.24) is 5.32 Å². The van der Waals surface area contributed by atoms with Crippen LogP contribution in [0.25, 0.3) is 0 Å². The maximum Gasteiger partial charge on any atom is 0.220 e. The lowest BCUT2D eigenvalue weighted by Crippen LogP contribution is -2.45. The first-order valence-electron chi connectivity index (χ1n) is 26.2. The van der Waals surface area contributed by atoms with Crippen LogP contribution >= 0.6 is 0 Å². The van der Waals surface area contributed by atoms with Gasteiger partial charge in [-0.05, 0) is 51.4 Å². The number of carbonyl (C=O) groups excluding carboxylic acids is 1. The van der Waals surface area contributed by atoms with Gasteiger partial charge in [0.15, 0.2) is 0 Å². The number of aliphatic hydroxyl groups is 2. The van der Waals surface area contributed by atoms with Crippen LogP contribution in [0, 0.1) is 0 Å². The maximum absolute atomic E-state index is 12.4. The molecule has 4 nitrogen and oxygen atoms in total. The quantitative estimate of drug-likeness (QED) is 0.0423. The Morgan fingerprint density at radius 3 is 1.07 bits per heavy atom. The zero-order valence-electron chi connectivity index (χ0n) is 39.3. The molecule has 0 saturated carbocycles. The van der Waals surface area contributed by atoms with Gasteiger partial charge in [0.25, 0.3) is 0 Å². The molecule has 58 heavy (non-hydrogen) atoms. The number of hydrogen-bond acceptors (Lipinski definition) is 3. The summed E-state index contributed by atoms with van der Waals surface area (Å²) in [5.41, 5.74) is 0. The molecule has 0 aliphatic carbocycles. The van der Waals surface area contributed by atoms with E-state index < -0.39 is 12.1 Å². The molecule has 0 spiro atoms. The molecular formula is C54H103NO3. The van der Waals surface area contributed by atoms with Crippen molar-refractivity contribution in [1.29, 1.82) is 0 Å². The van der Waals surface area contributed by atoms with Gasteiger partial charge in [0.05, 0.1) is 18.8 Å². The molecule has 0 aliphatic rings. The van der Waals surface area contributed by atoms with Crippen molar-refractivity contribution < 1.29 is 15.0 Å². The zero-order valence-corrected chi connectivity index (χ0v) is 39.3. The van der Waals surface area contributed by atoms with Gasteiger partial charge in [0.1, 0.15) is 0 Å². The van der Waals surface area contributed by atoms with Gasteiger partial charge in [-0.3, -0.25) is 4.79 Å². The SMILES string of the molecule is CCCCC/C=C\C/C=C\CCCCCCCC(=O)NC(CO)C(O)/C=C/CCCCCCCCCCCCCCCCCCCCCCCCCCCCCCC. The van der Waals surface area contributed by atoms with Gasteiger partial charge in [-0.1, -0.05) is 262 Å². The molecule has 0 heterocycles. The molecule has 0 aromatic rings. The Bertz CT molecular complexity index is 882. The summed E-state index contributed by atoms with van der Waals surface area (Å²) in [7, 11) is 0. The standard InChI is InChI=1S/C54H103NO3/c1-3-5-7-9-11-13-15-17-19-20-21-22-23-24-25-26-27-28-29-30-31-32-33-34-36-37-39-41-43-45-47-49-53(57)52(51-56)55-54(58)50-48-46-44-42-40-38-35-18-16-14-12-10-8-6-4-2/h12,14,18,35,47,49,52-53,56-57H,3-11,13,15-17,19-34,36-46,48,50-51H2,1-2H3,(H,55,58)/b14-12-,35-18-,49-47+. The number of hydrogen-bond donors (Lipinski definition) is 3. The van der Waals surface area contributed by atoms with Crippen LogP contribution in [0.1, 0.15) is 284 Å². The summed E-state index contributed by atoms with van der Waals surface area (Å²) in [6, 6.07) is -0.629. The first kappa shape index (κ1) is 56.6. The Hall–Kier alpha value is -1.39. The van der Waals surface area contributed by atoms with Gasteiger partial charge >= 0.3 is 0 Å². The second-order valence-corrected chi connectivity index (χ2v) is 17.9. The topological polar surface area (TPSA) is 69.6 Å². The Kier molecular flexibility index (Phi) is 48.8. The molecule has 3 N–H and O–H groups in total. The van der Waals surface area contributed by atoms with Crippen molar-refractivity contribution >= 4 is 5.91 Å². The summed E-state index contributed by atoms with van der Waals surface area (Å²) in [6.07, 6.45) is 67.3. The summed E-state index contributed by atoms with van der Waals surface area (Å²) in [5, 5.41) is 23.1. The number of allylic oxidation sites excluding steroid dienone is 5. The van der Waals surface area contributed by atoms with Gasteiger partial charge in [0, 0.05) is 6.42 Å². The number of nitrogens with one attached hydrogen (secondary N) is 1. The molecule has 0 bridgehead atoms. The van der Waals surface area contributed by atoms with Gasteiger partial charge in [0.2, 0.25) is 5.91 Å². The third-order valence-electron chi connectivity index (χ3n) is 12.1. The summed E-state index contributed by atoms with van der Waals surface area (Å²) < 4.78 is 0. The fraction of sp³-hybridized carbons (Fsp3) is 0.870. The normalized spacial score (nSPS) is 13.1. The smallest absolute Gasteiger partial charge is 0.220 e. The van der Waals surface area contributed by atoms with E-state index >= 15 is 0 Å². The van der Waals surface area contributed by atoms with Crippen LogP contribution in [0.4, 0.5) is 0 Å². The van der Waals surface area contributed by atoms with Crippen LogP contribution in [0.3, 0.4) is 0 Å². The summed E-state index contributed by atoms with van der Waals surface area (Å²) in [6.45, 7) is 4.29. The molecule has 0 aromatic heterocycles. The Morgan fingerprint density at radius 1 is 0.414 bits per heavy atom. The number of unbranched alkanes of at least 4 members (excludes halogenated alkanes) is 37. The highest BCUT2D eigenvalue weighted by atomic mass is 16.3. The highest BCUT2D eigenvalue weighted by Crippen LogP contribution is 2.17. The van der Waals surface area contributed by atoms with Crippen LogP contribution < -0.4 is 5.32 Å². The fourth-order valence-electron chi connectivity index (χ4n) is 8.09. The van der Waals surface area contributed by atoms with Crippen molar-refractivity contribution in [3.8, 4) is 0 Å². The zero-order chi connectivity index (χ0) is 42.1. The minimum atomic E-state index is -0.845. The van der Waals surface area contributed by atoms with E-state index in [2.05, 4.69) is 43.5 Å². The number of rotatable bonds is 48. The largest absolute Gasteiger partial charge is 0.394 e. The van der Waals surface area contributed by atoms with Gasteiger partial charge in [-0.15, -0.1) is 0 Å². The molecule has 4 heteroatoms. The lowest BCUT2D eigenvalue weighted by molar-refractivity contribution is -0.123. The van der Waals surface area contributed by atoms with Crippen LogP contribution in [-0.4, -0.2) is 34.9 Å². The van der Waals surface area contributed by atoms with Crippen molar-refractivity contribution in [2.45, 2.75) is 296 Å². The van der Waals surface area contributed by atoms with E-state index in [1.165, 1.54) is 218 Å². The first-order chi connectivity index (χ1) is 28.7. The van der Waals surface area contributed by atoms with Gasteiger partial charge < -0.3 is 15.5 Å². The first-order valence-corrected chi connectivity index (χ1v) is 26.2. The average Bonchev–Trinajstić information content (AvgIpc) is 3.23. The van der Waals surface area contributed by atoms with E-state index in [-0.39, 0.29) is 12.5 Å². The van der Waals surface area contributed by atoms with Crippen LogP contribution in [0.15, 0.2) is 36.5 Å². The Balaban J connectivity index is 3.46. The van der Waals surface area contributed by atoms with E-state index in [0.29, 0.717) is 6.42 Å². The lowest BCUT2D eigenvalue weighted by Gasteiger charge is -2.20. The van der Waals surface area contributed by atoms with Crippen molar-refractivity contribution in [3.63, 3.8) is 0 Å². The molecule has 0 fully saturated rings. The predicted octanol–water partition coefficient (Wildman–Crippen LogP) is 16.9. The van der Waals surface area contributed by atoms with E-state index in [1.54, 1.807) is 6.08 Å². The van der Waals surface area contributed by atoms with Crippen molar-refractivity contribution in [3.05, 3.63) is 36.5 Å². The molecule has 0 saturated heterocycles. The molecule has 2 atom stereocenters. The van der Waals surface area contributed by atoms with E-state index in [0.717, 1.165) is 44.9 Å². The van der Waals surface area contributed by atoms with Crippen LogP contribution in [0.5, 0.6) is 0 Å². The Morgan fingerprint density at radius 2 is 0.707 bits per heavy atom. The monoisotopic (exact) mass is 814 g/mol. The minimum absolute atomic E-state index is 0.0759. The van der Waals surface area contributed by atoms with Crippen molar-refractivity contribution in [2.24, 2.45) is 0 Å². The van der Waals surface area contributed by atoms with Gasteiger partial charge in [-0.25, -0.2) is 0 Å². The average molecular weight is 814 g/mol. The third-order valence-corrected chi connectivity index (χ3v) is 12.1.